The van der Waals surface area contributed by atoms with Crippen molar-refractivity contribution in [3.05, 3.63) is 16.3 Å². The van der Waals surface area contributed by atoms with E-state index < -0.39 is 16.0 Å². The molecule has 0 aliphatic heterocycles. The number of nitrogens with two attached hydrogens (primary N) is 1. The van der Waals surface area contributed by atoms with Gasteiger partial charge < -0.3 is 9.90 Å². The summed E-state index contributed by atoms with van der Waals surface area (Å²) < 4.78 is 21.3. The van der Waals surface area contributed by atoms with Crippen LogP contribution >= 0.6 is 11.3 Å². The number of primary sulfonamides is 1. The van der Waals surface area contributed by atoms with Gasteiger partial charge in [0.15, 0.2) is 0 Å². The zero-order valence-corrected chi connectivity index (χ0v) is 7.31. The first kappa shape index (κ1) is 9.17. The third kappa shape index (κ3) is 1.81. The molecule has 0 unspecified atom stereocenters. The summed E-state index contributed by atoms with van der Waals surface area (Å²) in [4.78, 5) is 9.85. The van der Waals surface area contributed by atoms with Crippen LogP contribution in [-0.2, 0) is 10.0 Å². The van der Waals surface area contributed by atoms with Crippen LogP contribution in [0.4, 0.5) is 0 Å². The van der Waals surface area contributed by atoms with Crippen molar-refractivity contribution in [3.8, 4) is 0 Å². The Morgan fingerprint density at radius 3 is 2.42 bits per heavy atom. The molecule has 0 bridgehead atoms. The Balaban J connectivity index is 3.17. The summed E-state index contributed by atoms with van der Waals surface area (Å²) in [6.07, 6.45) is 0. The highest BCUT2D eigenvalue weighted by atomic mass is 32.2. The fourth-order valence-corrected chi connectivity index (χ4v) is 2.21. The normalized spacial score (nSPS) is 11.4. The molecule has 0 aliphatic rings. The van der Waals surface area contributed by atoms with Gasteiger partial charge in [0.1, 0.15) is 0 Å². The van der Waals surface area contributed by atoms with Crippen molar-refractivity contribution in [1.29, 1.82) is 0 Å². The molecule has 66 valence electrons. The lowest BCUT2D eigenvalue weighted by molar-refractivity contribution is -0.254. The van der Waals surface area contributed by atoms with Crippen LogP contribution in [0.15, 0.2) is 16.3 Å². The predicted octanol–water partition coefficient (Wildman–Crippen LogP) is -1.24. The highest BCUT2D eigenvalue weighted by Crippen LogP contribution is 2.16. The van der Waals surface area contributed by atoms with Gasteiger partial charge in [0, 0.05) is 5.38 Å². The number of rotatable bonds is 2. The van der Waals surface area contributed by atoms with Gasteiger partial charge >= 0.3 is 0 Å². The second-order valence-electron chi connectivity index (χ2n) is 1.98. The minimum absolute atomic E-state index is 0.154. The van der Waals surface area contributed by atoms with Gasteiger partial charge in [-0.3, -0.25) is 0 Å². The van der Waals surface area contributed by atoms with Crippen LogP contribution in [0.25, 0.3) is 0 Å². The zero-order chi connectivity index (χ0) is 9.35. The smallest absolute Gasteiger partial charge is 0.238 e. The van der Waals surface area contributed by atoms with E-state index in [1.165, 1.54) is 0 Å². The molecule has 2 N–H and O–H groups in total. The van der Waals surface area contributed by atoms with Gasteiger partial charge in [-0.1, -0.05) is 0 Å². The Kier molecular flexibility index (Phi) is 2.18. The SMILES string of the molecule is NS(=O)(=O)c1csc(C(=O)[O-])c1. The van der Waals surface area contributed by atoms with Crippen molar-refractivity contribution in [1.82, 2.24) is 0 Å². The lowest BCUT2D eigenvalue weighted by Crippen LogP contribution is -2.21. The number of aromatic carboxylic acids is 1. The molecule has 1 rings (SSSR count). The van der Waals surface area contributed by atoms with Crippen LogP contribution in [0.1, 0.15) is 9.67 Å². The highest BCUT2D eigenvalue weighted by molar-refractivity contribution is 7.89. The summed E-state index contributed by atoms with van der Waals surface area (Å²) in [6, 6.07) is 0.968. The lowest BCUT2D eigenvalue weighted by Gasteiger charge is -1.93. The van der Waals surface area contributed by atoms with Crippen LogP contribution < -0.4 is 10.2 Å². The first-order valence-electron chi connectivity index (χ1n) is 2.74. The molecular weight excluding hydrogens is 202 g/mol. The number of hydrogen-bond acceptors (Lipinski definition) is 5. The summed E-state index contributed by atoms with van der Waals surface area (Å²) in [5, 5.41) is 16.1. The van der Waals surface area contributed by atoms with E-state index in [-0.39, 0.29) is 9.77 Å². The Morgan fingerprint density at radius 2 is 2.17 bits per heavy atom. The summed E-state index contributed by atoms with van der Waals surface area (Å²) in [5.41, 5.74) is 0. The quantitative estimate of drug-likeness (QED) is 0.653. The van der Waals surface area contributed by atoms with Gasteiger partial charge in [0.25, 0.3) is 0 Å². The summed E-state index contributed by atoms with van der Waals surface area (Å²) in [7, 11) is -3.80. The minimum atomic E-state index is -3.80. The van der Waals surface area contributed by atoms with E-state index in [4.69, 9.17) is 5.14 Å². The Bertz CT molecular complexity index is 405. The van der Waals surface area contributed by atoms with E-state index in [1.807, 2.05) is 0 Å². The molecule has 12 heavy (non-hydrogen) atoms. The summed E-state index contributed by atoms with van der Waals surface area (Å²) >= 11 is 0.763. The second kappa shape index (κ2) is 2.85. The van der Waals surface area contributed by atoms with E-state index >= 15 is 0 Å². The van der Waals surface area contributed by atoms with Gasteiger partial charge in [-0.05, 0) is 6.07 Å². The third-order valence-electron chi connectivity index (χ3n) is 1.11. The maximum absolute atomic E-state index is 10.6. The third-order valence-corrected chi connectivity index (χ3v) is 3.06. The molecule has 0 saturated heterocycles. The second-order valence-corrected chi connectivity index (χ2v) is 4.45. The van der Waals surface area contributed by atoms with E-state index in [9.17, 15) is 18.3 Å². The van der Waals surface area contributed by atoms with Crippen molar-refractivity contribution in [2.45, 2.75) is 4.90 Å². The Labute approximate surface area is 72.5 Å². The Hall–Kier alpha value is -0.920. The number of carbonyl (C=O) groups is 1. The van der Waals surface area contributed by atoms with Gasteiger partial charge in [0.05, 0.1) is 15.7 Å². The predicted molar refractivity (Wildman–Crippen MR) is 40.0 cm³/mol. The molecule has 1 heterocycles. The molecule has 0 radical (unpaired) electrons. The number of carbonyl (C=O) groups excluding carboxylic acids is 1. The van der Waals surface area contributed by atoms with Crippen LogP contribution in [0.2, 0.25) is 0 Å². The van der Waals surface area contributed by atoms with Crippen LogP contribution in [0.5, 0.6) is 0 Å². The molecule has 0 fully saturated rings. The van der Waals surface area contributed by atoms with Crippen LogP contribution in [0.3, 0.4) is 0 Å². The average Bonchev–Trinajstić information content (AvgIpc) is 2.30. The molecule has 0 spiro atoms. The molecule has 0 saturated carbocycles. The van der Waals surface area contributed by atoms with Crippen molar-refractivity contribution < 1.29 is 18.3 Å². The first-order valence-corrected chi connectivity index (χ1v) is 5.16. The van der Waals surface area contributed by atoms with E-state index in [2.05, 4.69) is 0 Å². The fraction of sp³-hybridized carbons (Fsp3) is 0. The van der Waals surface area contributed by atoms with Crippen LogP contribution in [-0.4, -0.2) is 14.4 Å². The lowest BCUT2D eigenvalue weighted by atomic mass is 10.5. The zero-order valence-electron chi connectivity index (χ0n) is 5.68. The van der Waals surface area contributed by atoms with Crippen molar-refractivity contribution in [2.24, 2.45) is 5.14 Å². The monoisotopic (exact) mass is 206 g/mol. The number of sulfonamides is 1. The van der Waals surface area contributed by atoms with Crippen molar-refractivity contribution in [2.75, 3.05) is 0 Å². The largest absolute Gasteiger partial charge is 0.544 e. The first-order chi connectivity index (χ1) is 5.41. The van der Waals surface area contributed by atoms with Gasteiger partial charge in [-0.2, -0.15) is 0 Å². The fourth-order valence-electron chi connectivity index (χ4n) is 0.575. The number of carboxylic acid groups (broad SMARTS) is 1. The standard InChI is InChI=1S/C5H5NO4S2/c6-12(9,10)3-1-4(5(7)8)11-2-3/h1-2H,(H,7,8)(H2,6,9,10)/p-1. The minimum Gasteiger partial charge on any atom is -0.544 e. The maximum atomic E-state index is 10.6. The maximum Gasteiger partial charge on any atom is 0.238 e. The van der Waals surface area contributed by atoms with Gasteiger partial charge in [-0.25, -0.2) is 13.6 Å². The molecule has 0 atom stereocenters. The van der Waals surface area contributed by atoms with E-state index in [1.54, 1.807) is 0 Å². The van der Waals surface area contributed by atoms with Crippen LogP contribution in [0, 0.1) is 0 Å². The molecule has 5 nitrogen and oxygen atoms in total. The molecule has 1 aromatic heterocycles. The molecule has 0 aliphatic carbocycles. The van der Waals surface area contributed by atoms with Gasteiger partial charge in [0.2, 0.25) is 10.0 Å². The number of carboxylic acids is 1. The summed E-state index contributed by atoms with van der Waals surface area (Å²) in [6.45, 7) is 0. The van der Waals surface area contributed by atoms with E-state index in [0.29, 0.717) is 0 Å². The number of hydrogen-bond donors (Lipinski definition) is 1. The molecule has 0 aromatic carbocycles. The molecule has 0 amide bonds. The molecule has 1 aromatic rings. The highest BCUT2D eigenvalue weighted by Gasteiger charge is 2.10. The van der Waals surface area contributed by atoms with Crippen molar-refractivity contribution >= 4 is 27.3 Å². The average molecular weight is 206 g/mol. The summed E-state index contributed by atoms with van der Waals surface area (Å²) in [5.74, 6) is -1.41. The molecule has 7 heteroatoms. The van der Waals surface area contributed by atoms with E-state index in [0.717, 1.165) is 22.8 Å². The number of thiophene rings is 1. The van der Waals surface area contributed by atoms with Crippen molar-refractivity contribution in [3.63, 3.8) is 0 Å². The topological polar surface area (TPSA) is 100 Å². The Morgan fingerprint density at radius 1 is 1.58 bits per heavy atom. The van der Waals surface area contributed by atoms with Gasteiger partial charge in [-0.15, -0.1) is 11.3 Å². The molecular formula is C5H4NO4S2-.